The topological polar surface area (TPSA) is 55.4 Å². The quantitative estimate of drug-likeness (QED) is 0.807. The number of sulfonamides is 1. The molecule has 0 aromatic heterocycles. The van der Waals surface area contributed by atoms with Crippen LogP contribution in [0.25, 0.3) is 0 Å². The molecule has 0 aliphatic heterocycles. The first-order valence-corrected chi connectivity index (χ1v) is 8.85. The van der Waals surface area contributed by atoms with E-state index in [9.17, 15) is 8.42 Å². The summed E-state index contributed by atoms with van der Waals surface area (Å²) in [7, 11) is -3.90. The summed E-state index contributed by atoms with van der Waals surface area (Å²) in [5.41, 5.74) is 0.250. The van der Waals surface area contributed by atoms with Crippen LogP contribution in [0.4, 0.5) is 5.69 Å². The van der Waals surface area contributed by atoms with Crippen molar-refractivity contribution in [3.8, 4) is 5.75 Å². The lowest BCUT2D eigenvalue weighted by molar-refractivity contribution is 0.331. The molecule has 0 bridgehead atoms. The van der Waals surface area contributed by atoms with Crippen molar-refractivity contribution in [2.24, 2.45) is 0 Å². The molecule has 0 aliphatic rings. The first-order valence-electron chi connectivity index (χ1n) is 6.23. The van der Waals surface area contributed by atoms with Crippen LogP contribution in [0.5, 0.6) is 5.75 Å². The lowest BCUT2D eigenvalue weighted by atomic mass is 10.3. The Kier molecular flexibility index (Phi) is 5.45. The zero-order valence-corrected chi connectivity index (χ0v) is 14.5. The number of hydrogen-bond acceptors (Lipinski definition) is 3. The molecule has 2 aromatic rings. The average molecular weight is 381 g/mol. The fraction of sp³-hybridized carbons (Fsp3) is 0.143. The molecule has 8 heteroatoms. The lowest BCUT2D eigenvalue weighted by Crippen LogP contribution is -2.14. The molecule has 2 aromatic carbocycles. The second kappa shape index (κ2) is 6.96. The van der Waals surface area contributed by atoms with E-state index >= 15 is 0 Å². The first kappa shape index (κ1) is 17.2. The third-order valence-corrected chi connectivity index (χ3v) is 4.68. The first-order chi connectivity index (χ1) is 10.3. The Morgan fingerprint density at radius 3 is 2.23 bits per heavy atom. The maximum absolute atomic E-state index is 12.5. The highest BCUT2D eigenvalue weighted by atomic mass is 35.5. The molecule has 0 saturated heterocycles. The minimum atomic E-state index is -3.90. The molecule has 1 N–H and O–H groups in total. The Bertz CT molecular complexity index is 774. The van der Waals surface area contributed by atoms with Crippen molar-refractivity contribution in [3.63, 3.8) is 0 Å². The average Bonchev–Trinajstić information content (AvgIpc) is 2.39. The molecule has 0 spiro atoms. The molecule has 0 atom stereocenters. The molecule has 2 rings (SSSR count). The van der Waals surface area contributed by atoms with Crippen LogP contribution in [-0.2, 0) is 10.0 Å². The van der Waals surface area contributed by atoms with Crippen LogP contribution in [0, 0.1) is 0 Å². The second-order valence-corrected chi connectivity index (χ2v) is 7.25. The SMILES string of the molecule is CCOc1ccc(Cl)cc1S(=O)(=O)Nc1cc(Cl)cc(Cl)c1. The normalized spacial score (nSPS) is 11.3. The fourth-order valence-corrected chi connectivity index (χ4v) is 3.76. The van der Waals surface area contributed by atoms with Gasteiger partial charge in [0.25, 0.3) is 10.0 Å². The number of anilines is 1. The maximum atomic E-state index is 12.5. The Hall–Kier alpha value is -1.14. The van der Waals surface area contributed by atoms with E-state index in [-0.39, 0.29) is 21.4 Å². The molecule has 0 fully saturated rings. The van der Waals surface area contributed by atoms with Gasteiger partial charge in [0.05, 0.1) is 12.3 Å². The molecular formula is C14H12Cl3NO3S. The van der Waals surface area contributed by atoms with E-state index in [0.29, 0.717) is 16.7 Å². The molecule has 0 saturated carbocycles. The molecule has 118 valence electrons. The van der Waals surface area contributed by atoms with Crippen LogP contribution in [0.3, 0.4) is 0 Å². The predicted molar refractivity (Wildman–Crippen MR) is 89.9 cm³/mol. The van der Waals surface area contributed by atoms with Gasteiger partial charge in [0.2, 0.25) is 0 Å². The largest absolute Gasteiger partial charge is 0.492 e. The van der Waals surface area contributed by atoms with Crippen LogP contribution in [-0.4, -0.2) is 15.0 Å². The van der Waals surface area contributed by atoms with E-state index < -0.39 is 10.0 Å². The van der Waals surface area contributed by atoms with Crippen molar-refractivity contribution in [2.75, 3.05) is 11.3 Å². The summed E-state index contributed by atoms with van der Waals surface area (Å²) in [6.45, 7) is 2.09. The summed E-state index contributed by atoms with van der Waals surface area (Å²) in [5, 5.41) is 0.926. The van der Waals surface area contributed by atoms with Gasteiger partial charge in [0.1, 0.15) is 10.6 Å². The molecule has 4 nitrogen and oxygen atoms in total. The van der Waals surface area contributed by atoms with E-state index in [1.807, 2.05) is 0 Å². The summed E-state index contributed by atoms with van der Waals surface area (Å²) in [6.07, 6.45) is 0. The lowest BCUT2D eigenvalue weighted by Gasteiger charge is -2.13. The summed E-state index contributed by atoms with van der Waals surface area (Å²) in [5.74, 6) is 0.215. The van der Waals surface area contributed by atoms with Gasteiger partial charge in [-0.15, -0.1) is 0 Å². The second-order valence-electron chi connectivity index (χ2n) is 4.29. The molecule has 0 radical (unpaired) electrons. The standard InChI is InChI=1S/C14H12Cl3NO3S/c1-2-21-13-4-3-9(15)8-14(13)22(19,20)18-12-6-10(16)5-11(17)7-12/h3-8,18H,2H2,1H3. The summed E-state index contributed by atoms with van der Waals surface area (Å²) in [4.78, 5) is -0.0575. The van der Waals surface area contributed by atoms with Crippen molar-refractivity contribution in [2.45, 2.75) is 11.8 Å². The van der Waals surface area contributed by atoms with Crippen molar-refractivity contribution in [1.82, 2.24) is 0 Å². The van der Waals surface area contributed by atoms with Crippen molar-refractivity contribution < 1.29 is 13.2 Å². The van der Waals surface area contributed by atoms with Gasteiger partial charge in [-0.1, -0.05) is 34.8 Å². The number of nitrogens with one attached hydrogen (secondary N) is 1. The van der Waals surface area contributed by atoms with E-state index in [1.54, 1.807) is 13.0 Å². The maximum Gasteiger partial charge on any atom is 0.265 e. The van der Waals surface area contributed by atoms with E-state index in [1.165, 1.54) is 30.3 Å². The third-order valence-electron chi connectivity index (χ3n) is 2.61. The Morgan fingerprint density at radius 1 is 1.00 bits per heavy atom. The van der Waals surface area contributed by atoms with Gasteiger partial charge in [-0.05, 0) is 43.3 Å². The number of halogens is 3. The Labute approximate surface area is 144 Å². The highest BCUT2D eigenvalue weighted by molar-refractivity contribution is 7.92. The number of ether oxygens (including phenoxy) is 1. The molecule has 0 unspecified atom stereocenters. The smallest absolute Gasteiger partial charge is 0.265 e. The monoisotopic (exact) mass is 379 g/mol. The number of hydrogen-bond donors (Lipinski definition) is 1. The van der Waals surface area contributed by atoms with Gasteiger partial charge in [-0.25, -0.2) is 8.42 Å². The van der Waals surface area contributed by atoms with Gasteiger partial charge >= 0.3 is 0 Å². The molecular weight excluding hydrogens is 369 g/mol. The van der Waals surface area contributed by atoms with Gasteiger partial charge in [-0.3, -0.25) is 4.72 Å². The third kappa shape index (κ3) is 4.20. The molecule has 22 heavy (non-hydrogen) atoms. The van der Waals surface area contributed by atoms with Gasteiger partial charge < -0.3 is 4.74 Å². The van der Waals surface area contributed by atoms with Crippen LogP contribution < -0.4 is 9.46 Å². The van der Waals surface area contributed by atoms with Gasteiger partial charge in [-0.2, -0.15) is 0 Å². The number of benzene rings is 2. The predicted octanol–water partition coefficient (Wildman–Crippen LogP) is 4.85. The summed E-state index contributed by atoms with van der Waals surface area (Å²) in [6, 6.07) is 8.80. The highest BCUT2D eigenvalue weighted by Crippen LogP contribution is 2.30. The van der Waals surface area contributed by atoms with Crippen LogP contribution in [0.15, 0.2) is 41.3 Å². The van der Waals surface area contributed by atoms with Gasteiger partial charge in [0, 0.05) is 15.1 Å². The number of rotatable bonds is 5. The highest BCUT2D eigenvalue weighted by Gasteiger charge is 2.21. The van der Waals surface area contributed by atoms with Gasteiger partial charge in [0.15, 0.2) is 0 Å². The minimum absolute atomic E-state index is 0.0575. The Balaban J connectivity index is 2.44. The zero-order valence-electron chi connectivity index (χ0n) is 11.4. The molecule has 0 heterocycles. The molecule has 0 aliphatic carbocycles. The fourth-order valence-electron chi connectivity index (χ4n) is 1.79. The van der Waals surface area contributed by atoms with E-state index in [0.717, 1.165) is 0 Å². The van der Waals surface area contributed by atoms with Crippen molar-refractivity contribution in [1.29, 1.82) is 0 Å². The van der Waals surface area contributed by atoms with E-state index in [4.69, 9.17) is 39.5 Å². The van der Waals surface area contributed by atoms with E-state index in [2.05, 4.69) is 4.72 Å². The minimum Gasteiger partial charge on any atom is -0.492 e. The van der Waals surface area contributed by atoms with Crippen molar-refractivity contribution >= 4 is 50.5 Å². The van der Waals surface area contributed by atoms with Crippen LogP contribution >= 0.6 is 34.8 Å². The summed E-state index contributed by atoms with van der Waals surface area (Å²) >= 11 is 17.6. The van der Waals surface area contributed by atoms with Crippen LogP contribution in [0.2, 0.25) is 15.1 Å². The summed E-state index contributed by atoms with van der Waals surface area (Å²) < 4.78 is 32.8. The Morgan fingerprint density at radius 2 is 1.64 bits per heavy atom. The van der Waals surface area contributed by atoms with Crippen molar-refractivity contribution in [3.05, 3.63) is 51.5 Å². The zero-order chi connectivity index (χ0) is 16.3. The molecule has 0 amide bonds. The van der Waals surface area contributed by atoms with Crippen LogP contribution in [0.1, 0.15) is 6.92 Å².